The van der Waals surface area contributed by atoms with Gasteiger partial charge in [-0.3, -0.25) is 4.79 Å². The van der Waals surface area contributed by atoms with E-state index in [1.807, 2.05) is 35.2 Å². The van der Waals surface area contributed by atoms with Crippen molar-refractivity contribution in [2.75, 3.05) is 31.1 Å². The fraction of sp³-hybridized carbons (Fsp3) is 0.348. The Hall–Kier alpha value is -2.44. The van der Waals surface area contributed by atoms with E-state index in [0.29, 0.717) is 13.1 Å². The maximum absolute atomic E-state index is 12.9. The first-order valence-electron chi connectivity index (χ1n) is 10.2. The average molecular weight is 441 g/mol. The molecule has 3 aromatic rings. The van der Waals surface area contributed by atoms with Crippen molar-refractivity contribution in [3.05, 3.63) is 77.1 Å². The average Bonchev–Trinajstić information content (AvgIpc) is 3.09. The molecule has 1 aliphatic rings. The number of benzene rings is 2. The first-order valence-corrected chi connectivity index (χ1v) is 11.4. The summed E-state index contributed by atoms with van der Waals surface area (Å²) in [6.45, 7) is 5.04. The fourth-order valence-electron chi connectivity index (χ4n) is 3.59. The fourth-order valence-corrected chi connectivity index (χ4v) is 4.61. The van der Waals surface area contributed by atoms with Crippen LogP contribution in [0, 0.1) is 6.92 Å². The summed E-state index contributed by atoms with van der Waals surface area (Å²) in [5, 5.41) is 0.289. The van der Waals surface area contributed by atoms with Crippen molar-refractivity contribution in [3.63, 3.8) is 0 Å². The summed E-state index contributed by atoms with van der Waals surface area (Å²) in [5.74, 6) is 0.822. The van der Waals surface area contributed by atoms with Crippen LogP contribution in [0.1, 0.15) is 34.3 Å². The molecule has 1 aliphatic heterocycles. The maximum Gasteiger partial charge on any atom is 0.245 e. The highest BCUT2D eigenvalue weighted by Gasteiger charge is 2.26. The van der Waals surface area contributed by atoms with Crippen LogP contribution in [0.2, 0.25) is 0 Å². The number of anilines is 1. The summed E-state index contributed by atoms with van der Waals surface area (Å²) < 4.78 is 4.55. The lowest BCUT2D eigenvalue weighted by Gasteiger charge is -2.23. The van der Waals surface area contributed by atoms with Crippen LogP contribution in [0.5, 0.6) is 0 Å². The quantitative estimate of drug-likeness (QED) is 0.550. The van der Waals surface area contributed by atoms with Gasteiger partial charge in [-0.1, -0.05) is 60.2 Å². The highest BCUT2D eigenvalue weighted by Crippen LogP contribution is 2.25. The lowest BCUT2D eigenvalue weighted by atomic mass is 10.1. The summed E-state index contributed by atoms with van der Waals surface area (Å²) in [4.78, 5) is 21.7. The molecule has 0 radical (unpaired) electrons. The van der Waals surface area contributed by atoms with Crippen molar-refractivity contribution in [2.24, 2.45) is 0 Å². The van der Waals surface area contributed by atoms with E-state index in [9.17, 15) is 4.79 Å². The van der Waals surface area contributed by atoms with Crippen LogP contribution < -0.4 is 4.90 Å². The third-order valence-electron chi connectivity index (χ3n) is 5.33. The predicted octanol–water partition coefficient (Wildman–Crippen LogP) is 4.46. The topological polar surface area (TPSA) is 49.3 Å². The molecule has 0 bridgehead atoms. The summed E-state index contributed by atoms with van der Waals surface area (Å²) in [6, 6.07) is 18.0. The summed E-state index contributed by atoms with van der Waals surface area (Å²) in [6.07, 6.45) is 1.62. The molecule has 1 atom stereocenters. The number of hydrogen-bond donors (Lipinski definition) is 0. The van der Waals surface area contributed by atoms with Crippen LogP contribution in [0.3, 0.4) is 0 Å². The van der Waals surface area contributed by atoms with Crippen LogP contribution in [0.15, 0.2) is 54.6 Å². The molecule has 1 fully saturated rings. The molecule has 0 aliphatic carbocycles. The Balaban J connectivity index is 1.37. The Morgan fingerprint density at radius 3 is 2.60 bits per heavy atom. The van der Waals surface area contributed by atoms with Gasteiger partial charge in [0.1, 0.15) is 11.2 Å². The van der Waals surface area contributed by atoms with Crippen molar-refractivity contribution in [3.8, 4) is 0 Å². The molecule has 0 saturated carbocycles. The molecule has 5 nitrogen and oxygen atoms in total. The highest BCUT2D eigenvalue weighted by molar-refractivity contribution is 7.09. The van der Waals surface area contributed by atoms with Gasteiger partial charge in [0.25, 0.3) is 0 Å². The number of carbonyl (C=O) groups is 1. The van der Waals surface area contributed by atoms with E-state index >= 15 is 0 Å². The second-order valence-electron chi connectivity index (χ2n) is 7.59. The highest BCUT2D eigenvalue weighted by atomic mass is 35.5. The second kappa shape index (κ2) is 9.58. The number of amides is 1. The van der Waals surface area contributed by atoms with E-state index in [0.717, 1.165) is 42.5 Å². The van der Waals surface area contributed by atoms with E-state index in [2.05, 4.69) is 40.5 Å². The van der Waals surface area contributed by atoms with E-state index in [-0.39, 0.29) is 5.91 Å². The van der Waals surface area contributed by atoms with Crippen molar-refractivity contribution in [1.82, 2.24) is 14.3 Å². The lowest BCUT2D eigenvalue weighted by Crippen LogP contribution is -2.37. The second-order valence-corrected chi connectivity index (χ2v) is 8.76. The van der Waals surface area contributed by atoms with Gasteiger partial charge in [-0.25, -0.2) is 4.98 Å². The summed E-state index contributed by atoms with van der Waals surface area (Å²) >= 11 is 7.90. The zero-order valence-electron chi connectivity index (χ0n) is 17.0. The molecule has 4 rings (SSSR count). The van der Waals surface area contributed by atoms with Gasteiger partial charge in [-0.2, -0.15) is 4.37 Å². The van der Waals surface area contributed by atoms with Gasteiger partial charge in [0.2, 0.25) is 11.0 Å². The SMILES string of the molecule is Cc1ccc(Cc2nsc(N3CCCN(C(=O)C(Cl)c4ccccc4)CC3)n2)cc1. The minimum Gasteiger partial charge on any atom is -0.345 e. The van der Waals surface area contributed by atoms with Crippen molar-refractivity contribution in [2.45, 2.75) is 25.1 Å². The molecule has 1 aromatic heterocycles. The predicted molar refractivity (Wildman–Crippen MR) is 122 cm³/mol. The Morgan fingerprint density at radius 2 is 1.83 bits per heavy atom. The number of halogens is 1. The number of hydrogen-bond acceptors (Lipinski definition) is 5. The van der Waals surface area contributed by atoms with E-state index < -0.39 is 5.38 Å². The minimum absolute atomic E-state index is 0.0259. The van der Waals surface area contributed by atoms with Crippen molar-refractivity contribution in [1.29, 1.82) is 0 Å². The molecule has 156 valence electrons. The molecular weight excluding hydrogens is 416 g/mol. The maximum atomic E-state index is 12.9. The third-order valence-corrected chi connectivity index (χ3v) is 6.58. The first-order chi connectivity index (χ1) is 14.6. The van der Waals surface area contributed by atoms with E-state index in [4.69, 9.17) is 16.6 Å². The monoisotopic (exact) mass is 440 g/mol. The lowest BCUT2D eigenvalue weighted by molar-refractivity contribution is -0.130. The van der Waals surface area contributed by atoms with Crippen molar-refractivity contribution < 1.29 is 4.79 Å². The summed E-state index contributed by atoms with van der Waals surface area (Å²) in [7, 11) is 0. The number of alkyl halides is 1. The van der Waals surface area contributed by atoms with E-state index in [1.165, 1.54) is 22.7 Å². The summed E-state index contributed by atoms with van der Waals surface area (Å²) in [5.41, 5.74) is 3.31. The van der Waals surface area contributed by atoms with Crippen molar-refractivity contribution >= 4 is 34.2 Å². The minimum atomic E-state index is -0.639. The molecule has 30 heavy (non-hydrogen) atoms. The van der Waals surface area contributed by atoms with E-state index in [1.54, 1.807) is 0 Å². The molecule has 2 heterocycles. The van der Waals surface area contributed by atoms with Gasteiger partial charge in [0.15, 0.2) is 0 Å². The van der Waals surface area contributed by atoms with Crippen LogP contribution in [0.4, 0.5) is 5.13 Å². The molecule has 2 aromatic carbocycles. The Labute approximate surface area is 186 Å². The third kappa shape index (κ3) is 4.99. The zero-order chi connectivity index (χ0) is 20.9. The van der Waals surface area contributed by atoms with Gasteiger partial charge in [-0.15, -0.1) is 11.6 Å². The molecule has 1 amide bonds. The molecule has 1 saturated heterocycles. The van der Waals surface area contributed by atoms with Crippen LogP contribution in [-0.2, 0) is 11.2 Å². The van der Waals surface area contributed by atoms with Gasteiger partial charge in [0.05, 0.1) is 0 Å². The van der Waals surface area contributed by atoms with Gasteiger partial charge in [-0.05, 0) is 24.5 Å². The Bertz CT molecular complexity index is 976. The zero-order valence-corrected chi connectivity index (χ0v) is 18.6. The molecule has 7 heteroatoms. The molecule has 1 unspecified atom stereocenters. The van der Waals surface area contributed by atoms with Crippen LogP contribution in [0.25, 0.3) is 0 Å². The standard InChI is InChI=1S/C23H25ClN4OS/c1-17-8-10-18(11-9-17)16-20-25-23(30-26-20)28-13-5-12-27(14-15-28)22(29)21(24)19-6-3-2-4-7-19/h2-4,6-11,21H,5,12-16H2,1H3. The molecule has 0 N–H and O–H groups in total. The number of nitrogens with zero attached hydrogens (tertiary/aromatic N) is 4. The first kappa shape index (κ1) is 20.8. The number of aromatic nitrogens is 2. The van der Waals surface area contributed by atoms with Crippen LogP contribution >= 0.6 is 23.1 Å². The number of aryl methyl sites for hydroxylation is 1. The van der Waals surface area contributed by atoms with Gasteiger partial charge in [0, 0.05) is 44.1 Å². The van der Waals surface area contributed by atoms with Gasteiger partial charge >= 0.3 is 0 Å². The normalized spacial score (nSPS) is 15.7. The largest absolute Gasteiger partial charge is 0.345 e. The smallest absolute Gasteiger partial charge is 0.245 e. The Kier molecular flexibility index (Phi) is 6.65. The van der Waals surface area contributed by atoms with Gasteiger partial charge < -0.3 is 9.80 Å². The molecule has 0 spiro atoms. The Morgan fingerprint density at radius 1 is 1.07 bits per heavy atom. The number of carbonyl (C=O) groups excluding carboxylic acids is 1. The molecular formula is C23H25ClN4OS. The van der Waals surface area contributed by atoms with Crippen LogP contribution in [-0.4, -0.2) is 46.3 Å². The number of rotatable bonds is 5.